The second-order valence-electron chi connectivity index (χ2n) is 4.27. The summed E-state index contributed by atoms with van der Waals surface area (Å²) >= 11 is 9.01. The molecule has 1 saturated heterocycles. The van der Waals surface area contributed by atoms with E-state index in [9.17, 15) is 4.39 Å². The highest BCUT2D eigenvalue weighted by Crippen LogP contribution is 2.27. The van der Waals surface area contributed by atoms with Crippen LogP contribution in [0.15, 0.2) is 16.6 Å². The van der Waals surface area contributed by atoms with Crippen LogP contribution < -0.4 is 5.32 Å². The van der Waals surface area contributed by atoms with Crippen molar-refractivity contribution in [3.63, 3.8) is 0 Å². The Morgan fingerprint density at radius 2 is 2.06 bits per heavy atom. The number of halogens is 3. The van der Waals surface area contributed by atoms with E-state index < -0.39 is 0 Å². The lowest BCUT2D eigenvalue weighted by atomic mass is 9.91. The molecule has 1 aliphatic heterocycles. The van der Waals surface area contributed by atoms with Gasteiger partial charge in [0.05, 0.1) is 9.50 Å². The molecule has 16 heavy (non-hydrogen) atoms. The van der Waals surface area contributed by atoms with Crippen molar-refractivity contribution in [3.05, 3.63) is 33.0 Å². The Balaban J connectivity index is 2.09. The normalized spacial score (nSPS) is 17.7. The summed E-state index contributed by atoms with van der Waals surface area (Å²) in [6.45, 7) is 2.17. The van der Waals surface area contributed by atoms with Crippen LogP contribution in [0.5, 0.6) is 0 Å². The minimum atomic E-state index is -0.365. The molecule has 1 N–H and O–H groups in total. The van der Waals surface area contributed by atoms with Gasteiger partial charge in [-0.1, -0.05) is 11.6 Å². The smallest absolute Gasteiger partial charge is 0.155 e. The van der Waals surface area contributed by atoms with Crippen molar-refractivity contribution in [1.29, 1.82) is 0 Å². The Morgan fingerprint density at radius 3 is 2.69 bits per heavy atom. The third-order valence-corrected chi connectivity index (χ3v) is 3.88. The van der Waals surface area contributed by atoms with Gasteiger partial charge in [0.1, 0.15) is 0 Å². The molecule has 1 heterocycles. The molecular formula is C12H14BrClFN. The fourth-order valence-corrected chi connectivity index (χ4v) is 3.01. The first-order valence-electron chi connectivity index (χ1n) is 5.51. The molecule has 4 heteroatoms. The zero-order chi connectivity index (χ0) is 11.5. The molecule has 0 amide bonds. The topological polar surface area (TPSA) is 12.0 Å². The van der Waals surface area contributed by atoms with Crippen LogP contribution in [0.3, 0.4) is 0 Å². The molecule has 0 bridgehead atoms. The number of hydrogen-bond donors (Lipinski definition) is 1. The summed E-state index contributed by atoms with van der Waals surface area (Å²) in [6.07, 6.45) is 3.36. The highest BCUT2D eigenvalue weighted by atomic mass is 79.9. The lowest BCUT2D eigenvalue weighted by molar-refractivity contribution is 0.372. The first-order valence-corrected chi connectivity index (χ1v) is 6.68. The van der Waals surface area contributed by atoms with E-state index in [0.717, 1.165) is 25.1 Å². The fraction of sp³-hybridized carbons (Fsp3) is 0.500. The van der Waals surface area contributed by atoms with Gasteiger partial charge in [0.2, 0.25) is 0 Å². The summed E-state index contributed by atoms with van der Waals surface area (Å²) in [5.41, 5.74) is 1.12. The Hall–Kier alpha value is -0.120. The molecule has 88 valence electrons. The zero-order valence-electron chi connectivity index (χ0n) is 8.90. The van der Waals surface area contributed by atoms with E-state index >= 15 is 0 Å². The molecule has 1 aromatic carbocycles. The van der Waals surface area contributed by atoms with Crippen LogP contribution in [0.25, 0.3) is 0 Å². The first kappa shape index (κ1) is 12.3. The van der Waals surface area contributed by atoms with Gasteiger partial charge in [0.25, 0.3) is 0 Å². The van der Waals surface area contributed by atoms with E-state index in [2.05, 4.69) is 21.2 Å². The average molecular weight is 307 g/mol. The van der Waals surface area contributed by atoms with Gasteiger partial charge in [-0.25, -0.2) is 4.39 Å². The molecular weight excluding hydrogens is 292 g/mol. The fourth-order valence-electron chi connectivity index (χ4n) is 2.15. The molecule has 1 fully saturated rings. The molecule has 0 aromatic heterocycles. The van der Waals surface area contributed by atoms with Crippen molar-refractivity contribution in [2.24, 2.45) is 5.92 Å². The molecule has 1 nitrogen and oxygen atoms in total. The van der Waals surface area contributed by atoms with Gasteiger partial charge in [-0.15, -0.1) is 0 Å². The highest BCUT2D eigenvalue weighted by molar-refractivity contribution is 9.10. The second-order valence-corrected chi connectivity index (χ2v) is 5.53. The molecule has 2 rings (SSSR count). The van der Waals surface area contributed by atoms with E-state index in [1.54, 1.807) is 6.07 Å². The molecule has 1 aromatic rings. The number of nitrogens with one attached hydrogen (secondary N) is 1. The summed E-state index contributed by atoms with van der Waals surface area (Å²) in [6, 6.07) is 3.58. The van der Waals surface area contributed by atoms with E-state index in [1.807, 2.05) is 6.07 Å². The third kappa shape index (κ3) is 2.96. The minimum absolute atomic E-state index is 0.207. The summed E-state index contributed by atoms with van der Waals surface area (Å²) in [5.74, 6) is 0.324. The summed E-state index contributed by atoms with van der Waals surface area (Å²) in [7, 11) is 0. The predicted octanol–water partition coefficient (Wildman–Crippen LogP) is 3.78. The summed E-state index contributed by atoms with van der Waals surface area (Å²) < 4.78 is 13.8. The van der Waals surface area contributed by atoms with Crippen molar-refractivity contribution in [3.8, 4) is 0 Å². The van der Waals surface area contributed by atoms with Gasteiger partial charge >= 0.3 is 0 Å². The predicted molar refractivity (Wildman–Crippen MR) is 68.4 cm³/mol. The molecule has 0 unspecified atom stereocenters. The van der Waals surface area contributed by atoms with Crippen LogP contribution in [-0.4, -0.2) is 13.1 Å². The highest BCUT2D eigenvalue weighted by Gasteiger charge is 2.15. The Bertz CT molecular complexity index is 354. The van der Waals surface area contributed by atoms with Crippen molar-refractivity contribution in [1.82, 2.24) is 5.32 Å². The summed E-state index contributed by atoms with van der Waals surface area (Å²) in [5, 5.41) is 3.54. The Kier molecular flexibility index (Phi) is 4.22. The first-order chi connectivity index (χ1) is 7.66. The van der Waals surface area contributed by atoms with E-state index in [0.29, 0.717) is 10.4 Å². The number of benzene rings is 1. The quantitative estimate of drug-likeness (QED) is 0.820. The second kappa shape index (κ2) is 5.48. The van der Waals surface area contributed by atoms with Gasteiger partial charge < -0.3 is 5.32 Å². The van der Waals surface area contributed by atoms with Gasteiger partial charge in [-0.05, 0) is 71.9 Å². The lowest BCUT2D eigenvalue weighted by Gasteiger charge is -2.22. The summed E-state index contributed by atoms with van der Waals surface area (Å²) in [4.78, 5) is 0. The number of hydrogen-bond acceptors (Lipinski definition) is 1. The van der Waals surface area contributed by atoms with Crippen LogP contribution in [0.2, 0.25) is 5.02 Å². The van der Waals surface area contributed by atoms with E-state index in [-0.39, 0.29) is 10.8 Å². The van der Waals surface area contributed by atoms with Crippen molar-refractivity contribution in [2.45, 2.75) is 19.3 Å². The molecule has 0 spiro atoms. The molecule has 0 atom stereocenters. The SMILES string of the molecule is Fc1c(Cl)cc(CC2CCNCC2)cc1Br. The Morgan fingerprint density at radius 1 is 1.38 bits per heavy atom. The number of rotatable bonds is 2. The van der Waals surface area contributed by atoms with Gasteiger partial charge in [-0.2, -0.15) is 0 Å². The lowest BCUT2D eigenvalue weighted by Crippen LogP contribution is -2.28. The van der Waals surface area contributed by atoms with E-state index in [4.69, 9.17) is 11.6 Å². The van der Waals surface area contributed by atoms with Crippen molar-refractivity contribution < 1.29 is 4.39 Å². The molecule has 0 saturated carbocycles. The van der Waals surface area contributed by atoms with Crippen LogP contribution >= 0.6 is 27.5 Å². The van der Waals surface area contributed by atoms with Crippen LogP contribution in [0.1, 0.15) is 18.4 Å². The minimum Gasteiger partial charge on any atom is -0.317 e. The van der Waals surface area contributed by atoms with Crippen molar-refractivity contribution in [2.75, 3.05) is 13.1 Å². The molecule has 1 aliphatic rings. The maximum absolute atomic E-state index is 13.3. The maximum Gasteiger partial charge on any atom is 0.155 e. The van der Waals surface area contributed by atoms with Gasteiger partial charge in [0, 0.05) is 0 Å². The van der Waals surface area contributed by atoms with Crippen molar-refractivity contribution >= 4 is 27.5 Å². The standard InChI is InChI=1S/C12H14BrClFN/c13-10-6-9(7-11(14)12(10)15)5-8-1-3-16-4-2-8/h6-8,16H,1-5H2. The monoisotopic (exact) mass is 305 g/mol. The van der Waals surface area contributed by atoms with Crippen LogP contribution in [0, 0.1) is 11.7 Å². The molecule has 0 aliphatic carbocycles. The largest absolute Gasteiger partial charge is 0.317 e. The maximum atomic E-state index is 13.3. The third-order valence-electron chi connectivity index (χ3n) is 3.03. The number of piperidine rings is 1. The average Bonchev–Trinajstić information content (AvgIpc) is 2.27. The zero-order valence-corrected chi connectivity index (χ0v) is 11.2. The Labute approximate surface area is 109 Å². The van der Waals surface area contributed by atoms with Gasteiger partial charge in [0.15, 0.2) is 5.82 Å². The molecule has 0 radical (unpaired) electrons. The van der Waals surface area contributed by atoms with Gasteiger partial charge in [-0.3, -0.25) is 0 Å². The van der Waals surface area contributed by atoms with E-state index in [1.165, 1.54) is 12.8 Å². The van der Waals surface area contributed by atoms with Crippen LogP contribution in [-0.2, 0) is 6.42 Å². The van der Waals surface area contributed by atoms with Crippen LogP contribution in [0.4, 0.5) is 4.39 Å².